The van der Waals surface area contributed by atoms with Crippen molar-refractivity contribution in [3.05, 3.63) is 29.8 Å². The number of nitrogens with one attached hydrogen (secondary N) is 1. The van der Waals surface area contributed by atoms with Crippen molar-refractivity contribution in [2.75, 3.05) is 5.32 Å². The Morgan fingerprint density at radius 1 is 1.29 bits per heavy atom. The molecule has 1 heterocycles. The number of esters is 1. The Hall–Kier alpha value is -1.84. The van der Waals surface area contributed by atoms with Crippen LogP contribution in [0.5, 0.6) is 0 Å². The van der Waals surface area contributed by atoms with E-state index in [1.54, 1.807) is 0 Å². The van der Waals surface area contributed by atoms with E-state index in [2.05, 4.69) is 12.2 Å². The first kappa shape index (κ1) is 12.9. The second-order valence-corrected chi connectivity index (χ2v) is 6.46. The van der Waals surface area contributed by atoms with Crippen LogP contribution < -0.4 is 5.32 Å². The van der Waals surface area contributed by atoms with Gasteiger partial charge in [0.05, 0.1) is 11.8 Å². The molecule has 1 N–H and O–H groups in total. The third-order valence-corrected chi connectivity index (χ3v) is 5.42. The van der Waals surface area contributed by atoms with Gasteiger partial charge in [-0.3, -0.25) is 9.59 Å². The fourth-order valence-corrected chi connectivity index (χ4v) is 4.41. The molecular weight excluding hydrogens is 266 g/mol. The second-order valence-electron chi connectivity index (χ2n) is 6.46. The Morgan fingerprint density at radius 2 is 2.05 bits per heavy atom. The SMILES string of the molecule is CCc1ccc(NC(=O)[C@@H]2[C@@H]3C[C@@H]4[C@@H]2C(=O)O[C@@H]4C3)cc1. The van der Waals surface area contributed by atoms with E-state index >= 15 is 0 Å². The van der Waals surface area contributed by atoms with Gasteiger partial charge in [0.15, 0.2) is 0 Å². The molecule has 5 atom stereocenters. The summed E-state index contributed by atoms with van der Waals surface area (Å²) in [6.45, 7) is 2.10. The number of aryl methyl sites for hydroxylation is 1. The first-order valence-electron chi connectivity index (χ1n) is 7.77. The Labute approximate surface area is 123 Å². The fraction of sp³-hybridized carbons (Fsp3) is 0.529. The number of hydrogen-bond acceptors (Lipinski definition) is 3. The number of benzene rings is 1. The number of ether oxygens (including phenoxy) is 1. The summed E-state index contributed by atoms with van der Waals surface area (Å²) in [4.78, 5) is 24.5. The van der Waals surface area contributed by atoms with Gasteiger partial charge in [-0.2, -0.15) is 0 Å². The lowest BCUT2D eigenvalue weighted by molar-refractivity contribution is -0.145. The number of rotatable bonds is 3. The maximum absolute atomic E-state index is 12.6. The molecule has 1 aliphatic heterocycles. The predicted molar refractivity (Wildman–Crippen MR) is 77.5 cm³/mol. The molecule has 2 aliphatic carbocycles. The van der Waals surface area contributed by atoms with Gasteiger partial charge >= 0.3 is 5.97 Å². The third-order valence-electron chi connectivity index (χ3n) is 5.42. The average molecular weight is 285 g/mol. The number of fused-ring (bicyclic) bond motifs is 1. The van der Waals surface area contributed by atoms with Crippen LogP contribution in [0.15, 0.2) is 24.3 Å². The third kappa shape index (κ3) is 1.88. The standard InChI is InChI=1S/C17H19NO3/c1-2-9-3-5-11(6-4-9)18-16(19)14-10-7-12-13(8-10)21-17(20)15(12)14/h3-6,10,12-15H,2,7-8H2,1H3,(H,18,19)/t10-,12+,13-,14-,15+/m1/s1. The second kappa shape index (κ2) is 4.58. The molecule has 4 nitrogen and oxygen atoms in total. The summed E-state index contributed by atoms with van der Waals surface area (Å²) in [5.74, 6) is 0.00313. The Bertz CT molecular complexity index is 593. The van der Waals surface area contributed by atoms with Crippen LogP contribution in [0.25, 0.3) is 0 Å². The average Bonchev–Trinajstić information content (AvgIpc) is 3.09. The van der Waals surface area contributed by atoms with E-state index < -0.39 is 0 Å². The minimum absolute atomic E-state index is 0.0194. The van der Waals surface area contributed by atoms with Crippen LogP contribution in [0.2, 0.25) is 0 Å². The maximum Gasteiger partial charge on any atom is 0.310 e. The van der Waals surface area contributed by atoms with Gasteiger partial charge in [-0.1, -0.05) is 19.1 Å². The highest BCUT2D eigenvalue weighted by molar-refractivity contribution is 5.96. The monoisotopic (exact) mass is 285 g/mol. The van der Waals surface area contributed by atoms with Crippen molar-refractivity contribution in [2.45, 2.75) is 32.3 Å². The van der Waals surface area contributed by atoms with Gasteiger partial charge < -0.3 is 10.1 Å². The van der Waals surface area contributed by atoms with Gasteiger partial charge in [-0.05, 0) is 42.9 Å². The molecule has 3 fully saturated rings. The summed E-state index contributed by atoms with van der Waals surface area (Å²) >= 11 is 0. The topological polar surface area (TPSA) is 55.4 Å². The van der Waals surface area contributed by atoms with E-state index in [9.17, 15) is 9.59 Å². The number of amides is 1. The molecule has 3 aliphatic rings. The normalized spacial score (nSPS) is 35.9. The molecule has 110 valence electrons. The molecule has 4 heteroatoms. The van der Waals surface area contributed by atoms with Crippen molar-refractivity contribution in [3.8, 4) is 0 Å². The first-order valence-corrected chi connectivity index (χ1v) is 7.77. The highest BCUT2D eigenvalue weighted by Gasteiger charge is 2.63. The number of carbonyl (C=O) groups is 2. The largest absolute Gasteiger partial charge is 0.462 e. The lowest BCUT2D eigenvalue weighted by Crippen LogP contribution is -2.35. The molecule has 1 amide bonds. The van der Waals surface area contributed by atoms with Crippen LogP contribution in [0.1, 0.15) is 25.3 Å². The quantitative estimate of drug-likeness (QED) is 0.868. The van der Waals surface area contributed by atoms with Crippen molar-refractivity contribution in [2.24, 2.45) is 23.7 Å². The van der Waals surface area contributed by atoms with Crippen molar-refractivity contribution >= 4 is 17.6 Å². The molecule has 1 aromatic carbocycles. The lowest BCUT2D eigenvalue weighted by Gasteiger charge is -2.23. The molecule has 1 aromatic rings. The summed E-state index contributed by atoms with van der Waals surface area (Å²) in [6.07, 6.45) is 2.89. The van der Waals surface area contributed by atoms with E-state index in [0.29, 0.717) is 5.92 Å². The minimum atomic E-state index is -0.205. The van der Waals surface area contributed by atoms with Gasteiger partial charge in [-0.15, -0.1) is 0 Å². The molecule has 0 unspecified atom stereocenters. The van der Waals surface area contributed by atoms with Gasteiger partial charge in [-0.25, -0.2) is 0 Å². The molecule has 0 spiro atoms. The lowest BCUT2D eigenvalue weighted by atomic mass is 9.79. The smallest absolute Gasteiger partial charge is 0.310 e. The molecule has 2 bridgehead atoms. The Balaban J connectivity index is 1.51. The van der Waals surface area contributed by atoms with Crippen LogP contribution in [0.3, 0.4) is 0 Å². The summed E-state index contributed by atoms with van der Waals surface area (Å²) in [6, 6.07) is 7.91. The first-order chi connectivity index (χ1) is 10.2. The van der Waals surface area contributed by atoms with Crippen molar-refractivity contribution < 1.29 is 14.3 Å². The van der Waals surface area contributed by atoms with Gasteiger partial charge in [0.25, 0.3) is 0 Å². The van der Waals surface area contributed by atoms with E-state index in [4.69, 9.17) is 4.74 Å². The number of carbonyl (C=O) groups excluding carboxylic acids is 2. The molecule has 2 saturated carbocycles. The Kier molecular flexibility index (Phi) is 2.81. The van der Waals surface area contributed by atoms with E-state index in [1.807, 2.05) is 24.3 Å². The molecule has 0 aromatic heterocycles. The van der Waals surface area contributed by atoms with E-state index in [1.165, 1.54) is 5.56 Å². The van der Waals surface area contributed by atoms with Gasteiger partial charge in [0.1, 0.15) is 6.10 Å². The number of hydrogen-bond donors (Lipinski definition) is 1. The van der Waals surface area contributed by atoms with Crippen molar-refractivity contribution in [3.63, 3.8) is 0 Å². The molecule has 1 saturated heterocycles. The summed E-state index contributed by atoms with van der Waals surface area (Å²) in [7, 11) is 0. The number of anilines is 1. The van der Waals surface area contributed by atoms with Crippen LogP contribution >= 0.6 is 0 Å². The van der Waals surface area contributed by atoms with Crippen molar-refractivity contribution in [1.82, 2.24) is 0 Å². The fourth-order valence-electron chi connectivity index (χ4n) is 4.41. The van der Waals surface area contributed by atoms with Gasteiger partial charge in [0, 0.05) is 11.6 Å². The maximum atomic E-state index is 12.6. The Morgan fingerprint density at radius 3 is 2.76 bits per heavy atom. The van der Waals surface area contributed by atoms with Gasteiger partial charge in [0.2, 0.25) is 5.91 Å². The highest BCUT2D eigenvalue weighted by Crippen LogP contribution is 2.57. The van der Waals surface area contributed by atoms with Crippen LogP contribution in [0.4, 0.5) is 5.69 Å². The summed E-state index contributed by atoms with van der Waals surface area (Å²) in [5, 5.41) is 2.98. The van der Waals surface area contributed by atoms with Crippen LogP contribution in [-0.2, 0) is 20.7 Å². The molecule has 21 heavy (non-hydrogen) atoms. The molecule has 4 rings (SSSR count). The zero-order valence-corrected chi connectivity index (χ0v) is 12.0. The van der Waals surface area contributed by atoms with Crippen LogP contribution in [0, 0.1) is 23.7 Å². The highest BCUT2D eigenvalue weighted by atomic mass is 16.6. The van der Waals surface area contributed by atoms with Crippen molar-refractivity contribution in [1.29, 1.82) is 0 Å². The summed E-state index contributed by atoms with van der Waals surface area (Å²) < 4.78 is 5.38. The predicted octanol–water partition coefficient (Wildman–Crippen LogP) is 2.39. The summed E-state index contributed by atoms with van der Waals surface area (Å²) in [5.41, 5.74) is 2.05. The van der Waals surface area contributed by atoms with Crippen LogP contribution in [-0.4, -0.2) is 18.0 Å². The molecule has 0 radical (unpaired) electrons. The molecular formula is C17H19NO3. The van der Waals surface area contributed by atoms with E-state index in [0.717, 1.165) is 24.9 Å². The van der Waals surface area contributed by atoms with E-state index in [-0.39, 0.29) is 35.7 Å². The minimum Gasteiger partial charge on any atom is -0.462 e. The zero-order chi connectivity index (χ0) is 14.6. The zero-order valence-electron chi connectivity index (χ0n) is 12.0.